The standard InChI is InChI=1S/C26H42N4O2/c1-2-3-17-27-26(32)30(24-12-8-5-9-13-24)20-16-25(31)28-23-14-18-29(19-15-23)21-22-10-6-4-7-11-22/h4,6-7,10-11,23-24H,2-3,5,8-9,12-21H2,1H3,(H,27,32)(H,28,31). The quantitative estimate of drug-likeness (QED) is 0.531. The molecule has 0 radical (unpaired) electrons. The summed E-state index contributed by atoms with van der Waals surface area (Å²) in [5.41, 5.74) is 1.34. The average Bonchev–Trinajstić information content (AvgIpc) is 2.82. The molecule has 1 aromatic rings. The molecule has 178 valence electrons. The van der Waals surface area contributed by atoms with Gasteiger partial charge in [0.25, 0.3) is 0 Å². The second-order valence-corrected chi connectivity index (χ2v) is 9.42. The molecule has 1 heterocycles. The number of amides is 3. The Kier molecular flexibility index (Phi) is 10.3. The highest BCUT2D eigenvalue weighted by Crippen LogP contribution is 2.23. The summed E-state index contributed by atoms with van der Waals surface area (Å²) in [6.07, 6.45) is 10.2. The van der Waals surface area contributed by atoms with Gasteiger partial charge in [0, 0.05) is 51.2 Å². The predicted octanol–water partition coefficient (Wildman–Crippen LogP) is 4.30. The van der Waals surface area contributed by atoms with Crippen molar-refractivity contribution in [2.45, 2.75) is 89.8 Å². The van der Waals surface area contributed by atoms with Gasteiger partial charge in [-0.05, 0) is 37.7 Å². The van der Waals surface area contributed by atoms with Gasteiger partial charge in [0.05, 0.1) is 0 Å². The Labute approximate surface area is 194 Å². The summed E-state index contributed by atoms with van der Waals surface area (Å²) in [6, 6.07) is 11.1. The van der Waals surface area contributed by atoms with Crippen LogP contribution in [0.1, 0.15) is 76.7 Å². The molecule has 2 aliphatic rings. The van der Waals surface area contributed by atoms with E-state index >= 15 is 0 Å². The van der Waals surface area contributed by atoms with Crippen LogP contribution < -0.4 is 10.6 Å². The Balaban J connectivity index is 1.40. The smallest absolute Gasteiger partial charge is 0.317 e. The number of hydrogen-bond donors (Lipinski definition) is 2. The third kappa shape index (κ3) is 8.12. The van der Waals surface area contributed by atoms with E-state index in [9.17, 15) is 9.59 Å². The van der Waals surface area contributed by atoms with Crippen molar-refractivity contribution in [2.24, 2.45) is 0 Å². The zero-order valence-electron chi connectivity index (χ0n) is 19.9. The summed E-state index contributed by atoms with van der Waals surface area (Å²) >= 11 is 0. The molecular formula is C26H42N4O2. The number of urea groups is 1. The number of carbonyl (C=O) groups is 2. The fraction of sp³-hybridized carbons (Fsp3) is 0.692. The minimum absolute atomic E-state index is 0.00682. The van der Waals surface area contributed by atoms with Crippen molar-refractivity contribution in [3.05, 3.63) is 35.9 Å². The Bertz CT molecular complexity index is 682. The molecule has 1 aliphatic heterocycles. The van der Waals surface area contributed by atoms with Crippen molar-refractivity contribution in [2.75, 3.05) is 26.2 Å². The molecule has 0 spiro atoms. The molecule has 0 aromatic heterocycles. The number of benzene rings is 1. The first-order chi connectivity index (χ1) is 15.7. The highest BCUT2D eigenvalue weighted by molar-refractivity contribution is 5.78. The molecular weight excluding hydrogens is 400 g/mol. The molecule has 1 saturated heterocycles. The Hall–Kier alpha value is -2.08. The average molecular weight is 443 g/mol. The van der Waals surface area contributed by atoms with E-state index in [1.807, 2.05) is 4.90 Å². The van der Waals surface area contributed by atoms with E-state index in [1.54, 1.807) is 0 Å². The van der Waals surface area contributed by atoms with Gasteiger partial charge >= 0.3 is 6.03 Å². The highest BCUT2D eigenvalue weighted by Gasteiger charge is 2.26. The lowest BCUT2D eigenvalue weighted by atomic mass is 9.94. The van der Waals surface area contributed by atoms with Gasteiger partial charge < -0.3 is 15.5 Å². The van der Waals surface area contributed by atoms with Gasteiger partial charge in [-0.25, -0.2) is 4.79 Å². The third-order valence-electron chi connectivity index (χ3n) is 6.86. The first-order valence-electron chi connectivity index (χ1n) is 12.8. The van der Waals surface area contributed by atoms with E-state index in [0.717, 1.165) is 58.2 Å². The molecule has 2 N–H and O–H groups in total. The van der Waals surface area contributed by atoms with Crippen LogP contribution in [0.2, 0.25) is 0 Å². The summed E-state index contributed by atoms with van der Waals surface area (Å²) < 4.78 is 0. The third-order valence-corrected chi connectivity index (χ3v) is 6.86. The van der Waals surface area contributed by atoms with Gasteiger partial charge in [-0.1, -0.05) is 62.9 Å². The zero-order chi connectivity index (χ0) is 22.6. The van der Waals surface area contributed by atoms with Crippen LogP contribution in [0, 0.1) is 0 Å². The fourth-order valence-corrected chi connectivity index (χ4v) is 4.92. The van der Waals surface area contributed by atoms with E-state index in [1.165, 1.54) is 24.8 Å². The van der Waals surface area contributed by atoms with Crippen LogP contribution in [0.5, 0.6) is 0 Å². The van der Waals surface area contributed by atoms with E-state index in [0.29, 0.717) is 19.5 Å². The van der Waals surface area contributed by atoms with Gasteiger partial charge in [-0.2, -0.15) is 0 Å². The number of carbonyl (C=O) groups excluding carboxylic acids is 2. The van der Waals surface area contributed by atoms with Crippen LogP contribution >= 0.6 is 0 Å². The van der Waals surface area contributed by atoms with Crippen molar-refractivity contribution in [3.63, 3.8) is 0 Å². The highest BCUT2D eigenvalue weighted by atomic mass is 16.2. The molecule has 3 amide bonds. The lowest BCUT2D eigenvalue weighted by Gasteiger charge is -2.35. The first-order valence-corrected chi connectivity index (χ1v) is 12.8. The number of likely N-dealkylation sites (tertiary alicyclic amines) is 1. The van der Waals surface area contributed by atoms with Crippen LogP contribution in [-0.4, -0.2) is 60.0 Å². The SMILES string of the molecule is CCCCNC(=O)N(CCC(=O)NC1CCN(Cc2ccccc2)CC1)C1CCCCC1. The number of rotatable bonds is 10. The van der Waals surface area contributed by atoms with Gasteiger partial charge in [0.1, 0.15) is 0 Å². The molecule has 0 unspecified atom stereocenters. The molecule has 3 rings (SSSR count). The Morgan fingerprint density at radius 3 is 2.44 bits per heavy atom. The van der Waals surface area contributed by atoms with Crippen molar-refractivity contribution in [1.82, 2.24) is 20.4 Å². The predicted molar refractivity (Wildman–Crippen MR) is 129 cm³/mol. The molecule has 1 aromatic carbocycles. The summed E-state index contributed by atoms with van der Waals surface area (Å²) in [4.78, 5) is 29.9. The summed E-state index contributed by atoms with van der Waals surface area (Å²) in [6.45, 7) is 6.35. The molecule has 6 nitrogen and oxygen atoms in total. The van der Waals surface area contributed by atoms with Crippen molar-refractivity contribution in [1.29, 1.82) is 0 Å². The lowest BCUT2D eigenvalue weighted by Crippen LogP contribution is -2.49. The summed E-state index contributed by atoms with van der Waals surface area (Å²) in [5, 5.41) is 6.29. The first kappa shape index (κ1) is 24.6. The molecule has 1 saturated carbocycles. The second-order valence-electron chi connectivity index (χ2n) is 9.42. The van der Waals surface area contributed by atoms with Gasteiger partial charge in [-0.15, -0.1) is 0 Å². The van der Waals surface area contributed by atoms with Crippen molar-refractivity contribution in [3.8, 4) is 0 Å². The fourth-order valence-electron chi connectivity index (χ4n) is 4.92. The monoisotopic (exact) mass is 442 g/mol. The normalized spacial score (nSPS) is 18.3. The maximum Gasteiger partial charge on any atom is 0.317 e. The Morgan fingerprint density at radius 1 is 1.03 bits per heavy atom. The minimum Gasteiger partial charge on any atom is -0.353 e. The van der Waals surface area contributed by atoms with E-state index in [4.69, 9.17) is 0 Å². The molecule has 32 heavy (non-hydrogen) atoms. The number of nitrogens with zero attached hydrogens (tertiary/aromatic N) is 2. The molecule has 0 atom stereocenters. The van der Waals surface area contributed by atoms with Crippen molar-refractivity contribution < 1.29 is 9.59 Å². The molecule has 1 aliphatic carbocycles. The van der Waals surface area contributed by atoms with Gasteiger partial charge in [0.15, 0.2) is 0 Å². The number of nitrogens with one attached hydrogen (secondary N) is 2. The van der Waals surface area contributed by atoms with E-state index in [2.05, 4.69) is 52.8 Å². The number of unbranched alkanes of at least 4 members (excludes halogenated alkanes) is 1. The Morgan fingerprint density at radius 2 is 1.75 bits per heavy atom. The topological polar surface area (TPSA) is 64.7 Å². The molecule has 2 fully saturated rings. The van der Waals surface area contributed by atoms with Crippen LogP contribution in [0.15, 0.2) is 30.3 Å². The van der Waals surface area contributed by atoms with Gasteiger partial charge in [-0.3, -0.25) is 9.69 Å². The number of piperidine rings is 1. The van der Waals surface area contributed by atoms with Crippen LogP contribution in [0.4, 0.5) is 4.79 Å². The largest absolute Gasteiger partial charge is 0.353 e. The minimum atomic E-state index is 0.00682. The van der Waals surface area contributed by atoms with E-state index < -0.39 is 0 Å². The van der Waals surface area contributed by atoms with Crippen LogP contribution in [0.3, 0.4) is 0 Å². The van der Waals surface area contributed by atoms with Crippen molar-refractivity contribution >= 4 is 11.9 Å². The van der Waals surface area contributed by atoms with Crippen LogP contribution in [-0.2, 0) is 11.3 Å². The molecule has 6 heteroatoms. The van der Waals surface area contributed by atoms with E-state index in [-0.39, 0.29) is 24.0 Å². The maximum atomic E-state index is 12.8. The van der Waals surface area contributed by atoms with Gasteiger partial charge in [0.2, 0.25) is 5.91 Å². The maximum absolute atomic E-state index is 12.8. The summed E-state index contributed by atoms with van der Waals surface area (Å²) in [5.74, 6) is 0.0775. The summed E-state index contributed by atoms with van der Waals surface area (Å²) in [7, 11) is 0. The second kappa shape index (κ2) is 13.5. The lowest BCUT2D eigenvalue weighted by molar-refractivity contribution is -0.122. The number of hydrogen-bond acceptors (Lipinski definition) is 3. The zero-order valence-corrected chi connectivity index (χ0v) is 19.9. The van der Waals surface area contributed by atoms with Crippen LogP contribution in [0.25, 0.3) is 0 Å². The molecule has 0 bridgehead atoms.